The number of amides is 2. The summed E-state index contributed by atoms with van der Waals surface area (Å²) in [6.07, 6.45) is 3.53. The number of benzene rings is 1. The zero-order chi connectivity index (χ0) is 19.4. The minimum Gasteiger partial charge on any atom is -0.508 e. The lowest BCUT2D eigenvalue weighted by Crippen LogP contribution is -2.56. The Hall–Kier alpha value is -3.00. The summed E-state index contributed by atoms with van der Waals surface area (Å²) < 4.78 is 13.3. The van der Waals surface area contributed by atoms with Gasteiger partial charge in [-0.1, -0.05) is 0 Å². The zero-order valence-electron chi connectivity index (χ0n) is 14.5. The molecule has 0 saturated heterocycles. The number of aliphatic hydroxyl groups excluding tert-OH is 1. The van der Waals surface area contributed by atoms with Gasteiger partial charge in [-0.05, 0) is 49.6 Å². The number of rotatable bonds is 6. The number of nitrogens with zero attached hydrogens (tertiary/aromatic N) is 1. The molecule has 1 aromatic heterocycles. The van der Waals surface area contributed by atoms with E-state index in [1.54, 1.807) is 0 Å². The second-order valence-electron chi connectivity index (χ2n) is 6.67. The Bertz CT molecular complexity index is 862. The predicted molar refractivity (Wildman–Crippen MR) is 95.8 cm³/mol. The predicted octanol–water partition coefficient (Wildman–Crippen LogP) is 1.75. The fraction of sp³-hybridized carbons (Fsp3) is 0.316. The highest BCUT2D eigenvalue weighted by molar-refractivity contribution is 5.96. The molecular formula is C19H20FN3O4. The first-order chi connectivity index (χ1) is 12.9. The number of pyridine rings is 1. The second kappa shape index (κ2) is 7.71. The number of aromatic nitrogens is 1. The average molecular weight is 373 g/mol. The third-order valence-electron chi connectivity index (χ3n) is 4.66. The minimum atomic E-state index is -0.590. The van der Waals surface area contributed by atoms with Crippen molar-refractivity contribution >= 4 is 17.5 Å². The number of carbonyl (C=O) groups is 2. The Labute approximate surface area is 155 Å². The molecule has 1 fully saturated rings. The summed E-state index contributed by atoms with van der Waals surface area (Å²) in [5.41, 5.74) is 0.0330. The van der Waals surface area contributed by atoms with Crippen molar-refractivity contribution in [3.05, 3.63) is 53.6 Å². The fourth-order valence-electron chi connectivity index (χ4n) is 2.94. The number of halogens is 1. The Balaban J connectivity index is 1.65. The highest BCUT2D eigenvalue weighted by Crippen LogP contribution is 2.31. The van der Waals surface area contributed by atoms with E-state index in [9.17, 15) is 24.2 Å². The maximum absolute atomic E-state index is 13.3. The zero-order valence-corrected chi connectivity index (χ0v) is 14.5. The number of aliphatic hydroxyl groups is 1. The van der Waals surface area contributed by atoms with Crippen LogP contribution in [0.5, 0.6) is 5.75 Å². The topological polar surface area (TPSA) is 112 Å². The van der Waals surface area contributed by atoms with E-state index in [-0.39, 0.29) is 30.0 Å². The summed E-state index contributed by atoms with van der Waals surface area (Å²) in [6.45, 7) is -0.133. The van der Waals surface area contributed by atoms with E-state index in [0.717, 1.165) is 18.6 Å². The first-order valence-corrected chi connectivity index (χ1v) is 8.57. The van der Waals surface area contributed by atoms with Gasteiger partial charge in [-0.15, -0.1) is 0 Å². The van der Waals surface area contributed by atoms with Crippen molar-refractivity contribution in [3.8, 4) is 5.75 Å². The molecular weight excluding hydrogens is 353 g/mol. The largest absolute Gasteiger partial charge is 0.508 e. The van der Waals surface area contributed by atoms with Crippen molar-refractivity contribution in [3.63, 3.8) is 0 Å². The molecule has 1 aliphatic rings. The average Bonchev–Trinajstić information content (AvgIpc) is 2.61. The molecule has 0 unspecified atom stereocenters. The number of phenolic OH excluding ortho intramolecular Hbond substituents is 1. The molecule has 0 atom stereocenters. The fourth-order valence-corrected chi connectivity index (χ4v) is 2.94. The maximum atomic E-state index is 13.3. The number of aromatic hydroxyl groups is 1. The summed E-state index contributed by atoms with van der Waals surface area (Å²) in [5, 5.41) is 24.5. The van der Waals surface area contributed by atoms with Gasteiger partial charge in [0.1, 0.15) is 17.3 Å². The van der Waals surface area contributed by atoms with E-state index in [0.29, 0.717) is 18.5 Å². The normalized spacial score (nSPS) is 14.9. The van der Waals surface area contributed by atoms with Crippen LogP contribution in [0, 0.1) is 5.82 Å². The molecule has 2 amide bonds. The molecule has 8 heteroatoms. The third-order valence-corrected chi connectivity index (χ3v) is 4.66. The Morgan fingerprint density at radius 3 is 2.67 bits per heavy atom. The van der Waals surface area contributed by atoms with Gasteiger partial charge in [-0.2, -0.15) is 0 Å². The summed E-state index contributed by atoms with van der Waals surface area (Å²) in [6, 6.07) is 6.32. The number of carbonyl (C=O) groups excluding carboxylic acids is 2. The quantitative estimate of drug-likeness (QED) is 0.616. The van der Waals surface area contributed by atoms with Crippen LogP contribution in [-0.4, -0.2) is 39.2 Å². The van der Waals surface area contributed by atoms with E-state index >= 15 is 0 Å². The second-order valence-corrected chi connectivity index (χ2v) is 6.67. The lowest BCUT2D eigenvalue weighted by atomic mass is 9.77. The highest BCUT2D eigenvalue weighted by atomic mass is 19.1. The van der Waals surface area contributed by atoms with Crippen LogP contribution in [0.2, 0.25) is 0 Å². The van der Waals surface area contributed by atoms with E-state index in [4.69, 9.17) is 0 Å². The van der Waals surface area contributed by atoms with Crippen LogP contribution in [0.1, 0.15) is 35.3 Å². The molecule has 0 spiro atoms. The number of nitrogens with one attached hydrogen (secondary N) is 2. The number of phenols is 1. The maximum Gasteiger partial charge on any atom is 0.270 e. The smallest absolute Gasteiger partial charge is 0.270 e. The van der Waals surface area contributed by atoms with Crippen molar-refractivity contribution in [1.29, 1.82) is 0 Å². The van der Waals surface area contributed by atoms with E-state index in [2.05, 4.69) is 15.6 Å². The van der Waals surface area contributed by atoms with Crippen LogP contribution in [0.3, 0.4) is 0 Å². The summed E-state index contributed by atoms with van der Waals surface area (Å²) in [7, 11) is 0. The molecule has 7 nitrogen and oxygen atoms in total. The Kier molecular flexibility index (Phi) is 5.36. The van der Waals surface area contributed by atoms with Gasteiger partial charge in [0.2, 0.25) is 5.91 Å². The van der Waals surface area contributed by atoms with Crippen LogP contribution in [0.4, 0.5) is 10.1 Å². The van der Waals surface area contributed by atoms with Crippen molar-refractivity contribution < 1.29 is 24.2 Å². The minimum absolute atomic E-state index is 0.112. The van der Waals surface area contributed by atoms with E-state index < -0.39 is 23.2 Å². The van der Waals surface area contributed by atoms with Crippen molar-refractivity contribution in [2.45, 2.75) is 31.2 Å². The van der Waals surface area contributed by atoms with Gasteiger partial charge in [0, 0.05) is 17.4 Å². The van der Waals surface area contributed by atoms with Crippen LogP contribution in [0.25, 0.3) is 0 Å². The van der Waals surface area contributed by atoms with Crippen LogP contribution in [-0.2, 0) is 11.2 Å². The molecule has 142 valence electrons. The molecule has 0 radical (unpaired) electrons. The number of hydrogen-bond acceptors (Lipinski definition) is 5. The molecule has 1 heterocycles. The first-order valence-electron chi connectivity index (χ1n) is 8.57. The first kappa shape index (κ1) is 18.8. The molecule has 1 saturated carbocycles. The highest BCUT2D eigenvalue weighted by Gasteiger charge is 2.38. The third kappa shape index (κ3) is 4.40. The lowest BCUT2D eigenvalue weighted by molar-refractivity contribution is -0.115. The summed E-state index contributed by atoms with van der Waals surface area (Å²) in [5.74, 6) is -1.62. The van der Waals surface area contributed by atoms with Gasteiger partial charge >= 0.3 is 0 Å². The van der Waals surface area contributed by atoms with Crippen LogP contribution in [0.15, 0.2) is 36.5 Å². The van der Waals surface area contributed by atoms with E-state index in [1.807, 2.05) is 0 Å². The monoisotopic (exact) mass is 373 g/mol. The van der Waals surface area contributed by atoms with Gasteiger partial charge in [0.15, 0.2) is 0 Å². The molecule has 3 rings (SSSR count). The van der Waals surface area contributed by atoms with Crippen LogP contribution >= 0.6 is 0 Å². The number of anilines is 1. The van der Waals surface area contributed by atoms with Gasteiger partial charge in [0.25, 0.3) is 5.91 Å². The van der Waals surface area contributed by atoms with Crippen molar-refractivity contribution in [2.24, 2.45) is 0 Å². The molecule has 2 aromatic rings. The number of hydrogen-bond donors (Lipinski definition) is 4. The lowest BCUT2D eigenvalue weighted by Gasteiger charge is -2.40. The summed E-state index contributed by atoms with van der Waals surface area (Å²) >= 11 is 0. The Morgan fingerprint density at radius 1 is 1.22 bits per heavy atom. The van der Waals surface area contributed by atoms with Crippen molar-refractivity contribution in [1.82, 2.24) is 10.3 Å². The van der Waals surface area contributed by atoms with Gasteiger partial charge in [-0.25, -0.2) is 4.39 Å². The Morgan fingerprint density at radius 2 is 2.00 bits per heavy atom. The van der Waals surface area contributed by atoms with Crippen LogP contribution < -0.4 is 10.6 Å². The SMILES string of the molecule is O=C(Cc1cc(F)ccc1O)Nc1ccnc(C(=O)NC2(CO)CCC2)c1. The van der Waals surface area contributed by atoms with Gasteiger partial charge in [0.05, 0.1) is 18.6 Å². The van der Waals surface area contributed by atoms with E-state index in [1.165, 1.54) is 24.4 Å². The molecule has 27 heavy (non-hydrogen) atoms. The van der Waals surface area contributed by atoms with Gasteiger partial charge in [-0.3, -0.25) is 14.6 Å². The molecule has 1 aliphatic carbocycles. The molecule has 4 N–H and O–H groups in total. The summed E-state index contributed by atoms with van der Waals surface area (Å²) in [4.78, 5) is 28.5. The molecule has 0 aliphatic heterocycles. The van der Waals surface area contributed by atoms with Crippen molar-refractivity contribution in [2.75, 3.05) is 11.9 Å². The molecule has 0 bridgehead atoms. The standard InChI is InChI=1S/C19H20FN3O4/c20-13-2-3-16(25)12(8-13)9-17(26)22-14-4-7-21-15(10-14)18(27)23-19(11-24)5-1-6-19/h2-4,7-8,10,24-25H,1,5-6,9,11H2,(H,23,27)(H,21,22,26). The van der Waals surface area contributed by atoms with Gasteiger partial charge < -0.3 is 20.8 Å². The molecule has 1 aromatic carbocycles.